The second kappa shape index (κ2) is 16.7. The van der Waals surface area contributed by atoms with Gasteiger partial charge in [-0.1, -0.05) is 126 Å². The molecule has 5 aromatic carbocycles. The molecule has 0 spiro atoms. The summed E-state index contributed by atoms with van der Waals surface area (Å²) in [6.07, 6.45) is -6.20. The van der Waals surface area contributed by atoms with Gasteiger partial charge >= 0.3 is 5.97 Å². The van der Waals surface area contributed by atoms with Crippen molar-refractivity contribution in [2.75, 3.05) is 6.61 Å². The first-order valence-electron chi connectivity index (χ1n) is 18.7. The molecule has 2 saturated carbocycles. The summed E-state index contributed by atoms with van der Waals surface area (Å²) in [6.45, 7) is 4.75. The Morgan fingerprint density at radius 1 is 0.727 bits per heavy atom. The average Bonchev–Trinajstić information content (AvgIpc) is 3.38. The van der Waals surface area contributed by atoms with Crippen molar-refractivity contribution in [1.29, 1.82) is 0 Å². The third kappa shape index (κ3) is 7.55. The van der Waals surface area contributed by atoms with Crippen molar-refractivity contribution in [1.82, 2.24) is 0 Å². The molecule has 2 unspecified atom stereocenters. The molecule has 9 heteroatoms. The highest BCUT2D eigenvalue weighted by atomic mass is 35.5. The van der Waals surface area contributed by atoms with Gasteiger partial charge in [-0.15, -0.1) is 0 Å². The summed E-state index contributed by atoms with van der Waals surface area (Å²) in [6, 6.07) is 40.1. The number of aliphatic hydroxyl groups excluding tert-OH is 2. The second-order valence-corrected chi connectivity index (χ2v) is 15.1. The summed E-state index contributed by atoms with van der Waals surface area (Å²) < 4.78 is 26.0. The first-order chi connectivity index (χ1) is 26.7. The molecule has 2 aliphatic carbocycles. The fourth-order valence-electron chi connectivity index (χ4n) is 8.51. The maximum absolute atomic E-state index is 13.8. The summed E-state index contributed by atoms with van der Waals surface area (Å²) in [5, 5.41) is 37.0. The maximum atomic E-state index is 13.8. The van der Waals surface area contributed by atoms with E-state index in [4.69, 9.17) is 30.5 Å². The predicted octanol–water partition coefficient (Wildman–Crippen LogP) is 7.84. The van der Waals surface area contributed by atoms with Gasteiger partial charge in [0.15, 0.2) is 0 Å². The van der Waals surface area contributed by atoms with E-state index in [1.54, 1.807) is 12.1 Å². The average molecular weight is 763 g/mol. The van der Waals surface area contributed by atoms with E-state index >= 15 is 0 Å². The maximum Gasteiger partial charge on any atom is 0.315 e. The lowest BCUT2D eigenvalue weighted by Gasteiger charge is -2.54. The minimum absolute atomic E-state index is 0.0551. The van der Waals surface area contributed by atoms with Crippen LogP contribution in [0.25, 0.3) is 0 Å². The van der Waals surface area contributed by atoms with Crippen LogP contribution < -0.4 is 4.74 Å². The van der Waals surface area contributed by atoms with Crippen molar-refractivity contribution < 1.29 is 39.1 Å². The van der Waals surface area contributed by atoms with Gasteiger partial charge < -0.3 is 34.3 Å². The fourth-order valence-corrected chi connectivity index (χ4v) is 8.69. The Kier molecular flexibility index (Phi) is 11.7. The number of aliphatic hydroxyl groups is 2. The molecule has 2 fully saturated rings. The van der Waals surface area contributed by atoms with Gasteiger partial charge in [0.05, 0.1) is 44.1 Å². The van der Waals surface area contributed by atoms with Crippen molar-refractivity contribution in [2.45, 2.75) is 82.4 Å². The largest absolute Gasteiger partial charge is 0.494 e. The van der Waals surface area contributed by atoms with E-state index < -0.39 is 47.3 Å². The number of carboxylic acids is 1. The smallest absolute Gasteiger partial charge is 0.315 e. The Morgan fingerprint density at radius 2 is 1.29 bits per heavy atom. The van der Waals surface area contributed by atoms with Crippen LogP contribution in [0.5, 0.6) is 5.75 Å². The van der Waals surface area contributed by atoms with Crippen LogP contribution >= 0.6 is 11.6 Å². The summed E-state index contributed by atoms with van der Waals surface area (Å²) in [7, 11) is 0. The number of aliphatic carboxylic acids is 1. The lowest BCUT2D eigenvalue weighted by atomic mass is 9.58. The number of fused-ring (bicyclic) bond motifs is 2. The quantitative estimate of drug-likeness (QED) is 0.0989. The molecule has 286 valence electrons. The SMILES string of the molecule is CCOc1ccc(Cc2cc([C@]34C(O)C[C@](C(=O)O)(C3O)[C@H](OCc3ccc(C)cc3)[C@@H](OCc3ccccc3)[C@@H]4OCc3ccccc3)ccc2Cl)cc1. The van der Waals surface area contributed by atoms with Gasteiger partial charge in [-0.2, -0.15) is 0 Å². The molecule has 2 aliphatic rings. The van der Waals surface area contributed by atoms with Crippen molar-refractivity contribution in [2.24, 2.45) is 5.41 Å². The van der Waals surface area contributed by atoms with E-state index in [9.17, 15) is 20.1 Å². The molecule has 8 nitrogen and oxygen atoms in total. The normalized spacial score (nSPS) is 25.8. The van der Waals surface area contributed by atoms with Gasteiger partial charge in [0.25, 0.3) is 0 Å². The van der Waals surface area contributed by atoms with Gasteiger partial charge in [-0.05, 0) is 78.3 Å². The Labute approximate surface area is 327 Å². The molecule has 0 aliphatic heterocycles. The Hall–Kier alpha value is -4.54. The molecule has 3 N–H and O–H groups in total. The summed E-state index contributed by atoms with van der Waals surface area (Å²) in [5.41, 5.74) is 2.23. The van der Waals surface area contributed by atoms with Crippen molar-refractivity contribution in [3.8, 4) is 5.75 Å². The molecule has 0 amide bonds. The third-order valence-electron chi connectivity index (χ3n) is 11.3. The molecule has 0 heterocycles. The molecule has 2 bridgehead atoms. The number of hydrogen-bond donors (Lipinski definition) is 3. The Morgan fingerprint density at radius 3 is 1.89 bits per heavy atom. The molecule has 5 aromatic rings. The number of benzene rings is 5. The van der Waals surface area contributed by atoms with E-state index in [1.165, 1.54) is 0 Å². The van der Waals surface area contributed by atoms with Crippen LogP contribution in [0, 0.1) is 12.3 Å². The fraction of sp³-hybridized carbons (Fsp3) is 0.326. The van der Waals surface area contributed by atoms with Crippen LogP contribution in [0.3, 0.4) is 0 Å². The Balaban J connectivity index is 1.36. The van der Waals surface area contributed by atoms with Crippen LogP contribution in [-0.4, -0.2) is 58.4 Å². The highest BCUT2D eigenvalue weighted by Gasteiger charge is 2.78. The number of ether oxygens (including phenoxy) is 4. The Bertz CT molecular complexity index is 2040. The van der Waals surface area contributed by atoms with Crippen LogP contribution in [0.2, 0.25) is 5.02 Å². The lowest BCUT2D eigenvalue weighted by Crippen LogP contribution is -2.71. The van der Waals surface area contributed by atoms with Crippen LogP contribution in [0.1, 0.15) is 52.3 Å². The summed E-state index contributed by atoms with van der Waals surface area (Å²) in [5.74, 6) is -0.526. The standard InChI is InChI=1S/C46H47ClO8/c1-3-52-37-21-18-31(19-22-37)24-35-25-36(20-23-38(35)47)46-39(48)26-45(43(46)49,44(50)51)41(54-29-34-16-14-30(2)15-17-34)40(53-27-32-10-6-4-7-11-32)42(46)55-28-33-12-8-5-9-13-33/h4-23,25,39-43,48-49H,3,24,26-29H2,1-2H3,(H,50,51)/t39?,40-,41-,42+,43?,45-,46-/m1/s1. The van der Waals surface area contributed by atoms with Crippen molar-refractivity contribution >= 4 is 17.6 Å². The van der Waals surface area contributed by atoms with Crippen LogP contribution in [-0.2, 0) is 50.7 Å². The van der Waals surface area contributed by atoms with Crippen molar-refractivity contribution in [3.05, 3.63) is 171 Å². The molecule has 7 rings (SSSR count). The number of carboxylic acid groups (broad SMARTS) is 1. The molecule has 7 atom stereocenters. The van der Waals surface area contributed by atoms with E-state index in [1.807, 2.05) is 129 Å². The van der Waals surface area contributed by atoms with Gasteiger partial charge in [-0.25, -0.2) is 0 Å². The number of halogens is 1. The number of hydrogen-bond acceptors (Lipinski definition) is 7. The van der Waals surface area contributed by atoms with E-state index in [-0.39, 0.29) is 26.2 Å². The van der Waals surface area contributed by atoms with Gasteiger partial charge in [0.2, 0.25) is 0 Å². The van der Waals surface area contributed by atoms with Gasteiger partial charge in [-0.3, -0.25) is 4.79 Å². The summed E-state index contributed by atoms with van der Waals surface area (Å²) >= 11 is 6.85. The second-order valence-electron chi connectivity index (χ2n) is 14.7. The lowest BCUT2D eigenvalue weighted by molar-refractivity contribution is -0.257. The first kappa shape index (κ1) is 38.7. The van der Waals surface area contributed by atoms with Gasteiger partial charge in [0.1, 0.15) is 29.5 Å². The zero-order chi connectivity index (χ0) is 38.6. The van der Waals surface area contributed by atoms with Crippen molar-refractivity contribution in [3.63, 3.8) is 0 Å². The predicted molar refractivity (Wildman–Crippen MR) is 210 cm³/mol. The van der Waals surface area contributed by atoms with E-state index in [0.717, 1.165) is 39.1 Å². The number of rotatable bonds is 15. The number of carbonyl (C=O) groups is 1. The van der Waals surface area contributed by atoms with E-state index in [2.05, 4.69) is 0 Å². The zero-order valence-corrected chi connectivity index (χ0v) is 31.8. The molecular formula is C46H47ClO8. The summed E-state index contributed by atoms with van der Waals surface area (Å²) in [4.78, 5) is 13.8. The topological polar surface area (TPSA) is 115 Å². The van der Waals surface area contributed by atoms with Crippen LogP contribution in [0.15, 0.2) is 127 Å². The third-order valence-corrected chi connectivity index (χ3v) is 11.6. The highest BCUT2D eigenvalue weighted by Crippen LogP contribution is 2.62. The molecular weight excluding hydrogens is 716 g/mol. The molecule has 0 radical (unpaired) electrons. The minimum atomic E-state index is -1.97. The van der Waals surface area contributed by atoms with Gasteiger partial charge in [0, 0.05) is 5.02 Å². The van der Waals surface area contributed by atoms with E-state index in [0.29, 0.717) is 23.6 Å². The first-order valence-corrected chi connectivity index (χ1v) is 19.1. The number of aryl methyl sites for hydroxylation is 1. The minimum Gasteiger partial charge on any atom is -0.494 e. The molecule has 0 aromatic heterocycles. The van der Waals surface area contributed by atoms with Crippen LogP contribution in [0.4, 0.5) is 0 Å². The molecule has 55 heavy (non-hydrogen) atoms. The highest BCUT2D eigenvalue weighted by molar-refractivity contribution is 6.31. The monoisotopic (exact) mass is 762 g/mol. The zero-order valence-electron chi connectivity index (χ0n) is 31.0. The molecule has 0 saturated heterocycles.